The van der Waals surface area contributed by atoms with E-state index in [0.717, 1.165) is 6.54 Å². The lowest BCUT2D eigenvalue weighted by molar-refractivity contribution is 0.270. The average Bonchev–Trinajstić information content (AvgIpc) is 2.55. The molecule has 3 N–H and O–H groups in total. The van der Waals surface area contributed by atoms with Gasteiger partial charge in [0, 0.05) is 13.6 Å². The van der Waals surface area contributed by atoms with Crippen LogP contribution in [0, 0.1) is 11.3 Å². The number of hydrogen-bond donors (Lipinski definition) is 2. The molecule has 6 nitrogen and oxygen atoms in total. The number of aliphatic hydroxyl groups is 1. The van der Waals surface area contributed by atoms with E-state index in [4.69, 9.17) is 16.1 Å². The maximum atomic E-state index is 8.95. The molecule has 0 aliphatic carbocycles. The van der Waals surface area contributed by atoms with Gasteiger partial charge in [0.25, 0.3) is 0 Å². The van der Waals surface area contributed by atoms with Gasteiger partial charge in [-0.05, 0) is 6.92 Å². The summed E-state index contributed by atoms with van der Waals surface area (Å²) in [5.74, 6) is 0.868. The Bertz CT molecular complexity index is 379. The maximum Gasteiger partial charge on any atom is 0.170 e. The Kier molecular flexibility index (Phi) is 3.52. The highest BCUT2D eigenvalue weighted by Crippen LogP contribution is 2.22. The molecular formula is C9H15N5O. The molecule has 0 spiro atoms. The van der Waals surface area contributed by atoms with Gasteiger partial charge in [-0.1, -0.05) is 0 Å². The summed E-state index contributed by atoms with van der Waals surface area (Å²) >= 11 is 0. The van der Waals surface area contributed by atoms with Crippen molar-refractivity contribution in [2.45, 2.75) is 13.5 Å². The molecule has 15 heavy (non-hydrogen) atoms. The van der Waals surface area contributed by atoms with Gasteiger partial charge in [0.15, 0.2) is 5.82 Å². The molecule has 1 aromatic heterocycles. The molecule has 0 aliphatic rings. The van der Waals surface area contributed by atoms with Gasteiger partial charge >= 0.3 is 0 Å². The van der Waals surface area contributed by atoms with Crippen LogP contribution in [0.4, 0.5) is 11.6 Å². The quantitative estimate of drug-likeness (QED) is 0.715. The van der Waals surface area contributed by atoms with E-state index in [-0.39, 0.29) is 6.61 Å². The molecule has 0 aliphatic heterocycles. The highest BCUT2D eigenvalue weighted by molar-refractivity contribution is 5.64. The van der Waals surface area contributed by atoms with Crippen molar-refractivity contribution in [3.63, 3.8) is 0 Å². The molecule has 0 radical (unpaired) electrons. The largest absolute Gasteiger partial charge is 0.394 e. The Morgan fingerprint density at radius 2 is 2.33 bits per heavy atom. The number of nitrogens with zero attached hydrogens (tertiary/aromatic N) is 4. The summed E-state index contributed by atoms with van der Waals surface area (Å²) < 4.78 is 1.44. The normalized spacial score (nSPS) is 10.0. The molecule has 1 heterocycles. The molecule has 6 heteroatoms. The van der Waals surface area contributed by atoms with Crippen molar-refractivity contribution >= 4 is 11.6 Å². The standard InChI is InChI=1S/C9H15N5O/c1-3-13(2)9-7(6-10)8(11)14(12-9)4-5-15/h15H,3-5,11H2,1-2H3. The Balaban J connectivity index is 3.17. The zero-order chi connectivity index (χ0) is 11.4. The Labute approximate surface area is 88.5 Å². The Morgan fingerprint density at radius 3 is 2.80 bits per heavy atom. The molecule has 0 saturated carbocycles. The van der Waals surface area contributed by atoms with Crippen molar-refractivity contribution in [3.8, 4) is 6.07 Å². The molecule has 0 fully saturated rings. The molecular weight excluding hydrogens is 194 g/mol. The van der Waals surface area contributed by atoms with Crippen molar-refractivity contribution in [3.05, 3.63) is 5.56 Å². The molecule has 1 rings (SSSR count). The molecule has 0 unspecified atom stereocenters. The van der Waals surface area contributed by atoms with Crippen molar-refractivity contribution in [1.82, 2.24) is 9.78 Å². The van der Waals surface area contributed by atoms with Gasteiger partial charge in [-0.3, -0.25) is 0 Å². The van der Waals surface area contributed by atoms with Crippen molar-refractivity contribution < 1.29 is 5.11 Å². The first-order valence-corrected chi connectivity index (χ1v) is 4.74. The number of nitrogen functional groups attached to an aromatic ring is 1. The highest BCUT2D eigenvalue weighted by atomic mass is 16.3. The third-order valence-electron chi connectivity index (χ3n) is 2.23. The zero-order valence-corrected chi connectivity index (χ0v) is 8.93. The Hall–Kier alpha value is -1.74. The van der Waals surface area contributed by atoms with Crippen LogP contribution in [0.15, 0.2) is 0 Å². The second-order valence-corrected chi connectivity index (χ2v) is 3.16. The summed E-state index contributed by atoms with van der Waals surface area (Å²) in [6.07, 6.45) is 0. The zero-order valence-electron chi connectivity index (χ0n) is 8.93. The predicted molar refractivity (Wildman–Crippen MR) is 57.4 cm³/mol. The first-order valence-electron chi connectivity index (χ1n) is 4.74. The van der Waals surface area contributed by atoms with E-state index in [1.807, 2.05) is 24.9 Å². The van der Waals surface area contributed by atoms with E-state index >= 15 is 0 Å². The molecule has 0 atom stereocenters. The lowest BCUT2D eigenvalue weighted by atomic mass is 10.3. The minimum Gasteiger partial charge on any atom is -0.394 e. The number of aromatic nitrogens is 2. The number of hydrogen-bond acceptors (Lipinski definition) is 5. The van der Waals surface area contributed by atoms with Gasteiger partial charge in [-0.15, -0.1) is 0 Å². The smallest absolute Gasteiger partial charge is 0.170 e. The summed E-state index contributed by atoms with van der Waals surface area (Å²) in [4.78, 5) is 1.84. The summed E-state index contributed by atoms with van der Waals surface area (Å²) in [7, 11) is 1.84. The van der Waals surface area contributed by atoms with Gasteiger partial charge in [0.05, 0.1) is 13.2 Å². The molecule has 0 bridgehead atoms. The molecule has 0 aromatic carbocycles. The third kappa shape index (κ3) is 2.02. The first kappa shape index (κ1) is 11.3. The second-order valence-electron chi connectivity index (χ2n) is 3.16. The van der Waals surface area contributed by atoms with Gasteiger partial charge in [0.2, 0.25) is 0 Å². The van der Waals surface area contributed by atoms with Crippen LogP contribution in [0.2, 0.25) is 0 Å². The summed E-state index contributed by atoms with van der Waals surface area (Å²) in [6, 6.07) is 2.03. The second kappa shape index (κ2) is 4.66. The predicted octanol–water partition coefficient (Wildman–Crippen LogP) is -0.215. The van der Waals surface area contributed by atoms with Crippen LogP contribution in [0.25, 0.3) is 0 Å². The van der Waals surface area contributed by atoms with Crippen LogP contribution in [0.5, 0.6) is 0 Å². The fourth-order valence-electron chi connectivity index (χ4n) is 1.25. The van der Waals surface area contributed by atoms with E-state index < -0.39 is 0 Å². The van der Waals surface area contributed by atoms with Crippen LogP contribution < -0.4 is 10.6 Å². The summed E-state index contributed by atoms with van der Waals surface area (Å²) in [5, 5.41) is 21.9. The fourth-order valence-corrected chi connectivity index (χ4v) is 1.25. The van der Waals surface area contributed by atoms with Gasteiger partial charge < -0.3 is 15.7 Å². The Morgan fingerprint density at radius 1 is 1.67 bits per heavy atom. The van der Waals surface area contributed by atoms with Crippen molar-refractivity contribution in [1.29, 1.82) is 5.26 Å². The van der Waals surface area contributed by atoms with Crippen molar-refractivity contribution in [2.24, 2.45) is 0 Å². The van der Waals surface area contributed by atoms with E-state index in [9.17, 15) is 0 Å². The van der Waals surface area contributed by atoms with Gasteiger partial charge in [-0.25, -0.2) is 4.68 Å². The molecule has 82 valence electrons. The average molecular weight is 209 g/mol. The fraction of sp³-hybridized carbons (Fsp3) is 0.556. The minimum atomic E-state index is -0.0496. The van der Waals surface area contributed by atoms with E-state index in [1.54, 1.807) is 0 Å². The number of rotatable bonds is 4. The number of anilines is 2. The SMILES string of the molecule is CCN(C)c1nn(CCO)c(N)c1C#N. The van der Waals surface area contributed by atoms with E-state index in [1.165, 1.54) is 4.68 Å². The van der Waals surface area contributed by atoms with E-state index in [2.05, 4.69) is 5.10 Å². The summed E-state index contributed by atoms with van der Waals surface area (Å²) in [6.45, 7) is 2.96. The molecule has 1 aromatic rings. The number of aliphatic hydroxyl groups excluding tert-OH is 1. The van der Waals surface area contributed by atoms with Crippen molar-refractivity contribution in [2.75, 3.05) is 30.8 Å². The van der Waals surface area contributed by atoms with Crippen LogP contribution >= 0.6 is 0 Å². The highest BCUT2D eigenvalue weighted by Gasteiger charge is 2.17. The summed E-state index contributed by atoms with van der Waals surface area (Å²) in [5.41, 5.74) is 6.10. The lowest BCUT2D eigenvalue weighted by Crippen LogP contribution is -2.17. The third-order valence-corrected chi connectivity index (χ3v) is 2.23. The van der Waals surface area contributed by atoms with Crippen LogP contribution in [0.1, 0.15) is 12.5 Å². The van der Waals surface area contributed by atoms with Crippen LogP contribution in [-0.2, 0) is 6.54 Å². The van der Waals surface area contributed by atoms with E-state index in [0.29, 0.717) is 23.7 Å². The lowest BCUT2D eigenvalue weighted by Gasteiger charge is -2.12. The maximum absolute atomic E-state index is 8.95. The minimum absolute atomic E-state index is 0.0496. The topological polar surface area (TPSA) is 91.1 Å². The monoisotopic (exact) mass is 209 g/mol. The first-order chi connectivity index (χ1) is 7.15. The molecule has 0 saturated heterocycles. The van der Waals surface area contributed by atoms with Gasteiger partial charge in [-0.2, -0.15) is 10.4 Å². The van der Waals surface area contributed by atoms with Crippen LogP contribution in [0.3, 0.4) is 0 Å². The number of nitrogens with two attached hydrogens (primary N) is 1. The van der Waals surface area contributed by atoms with Crippen LogP contribution in [-0.4, -0.2) is 35.1 Å². The number of nitriles is 1. The molecule has 0 amide bonds. The van der Waals surface area contributed by atoms with Gasteiger partial charge in [0.1, 0.15) is 17.5 Å².